The number of carbonyl (C=O) groups excluding carboxylic acids is 2. The number of ether oxygens (including phenoxy) is 4. The number of aliphatic hydroxyl groups is 2. The standard InChI is InChI=1S/C35H48O14/c1-7-19(2)17-20(3)13-14-25(37)47-28-27(38)33(48-29(30(39)40)34(45,31(41)42)35(28,49-33)32(43)44)16-15-21(4)26(46-23(6)36)22(5)18-24-11-9-8-10-12-24/h8-12,19-20,22,26-29,38,45H,4,7,13-18H2,1-3,5-6H3,(H,39,40)(H,41,42)(H,43,44)/t19-,20-,22-,26-,27-,28-,29-,33+,34-,35+/m1/s1. The number of hydrogen-bond acceptors (Lipinski definition) is 11. The fourth-order valence-corrected chi connectivity index (χ4v) is 6.83. The first kappa shape index (κ1) is 39.6. The van der Waals surface area contributed by atoms with Crippen LogP contribution in [0.3, 0.4) is 0 Å². The Labute approximate surface area is 285 Å². The molecule has 2 aliphatic heterocycles. The fourth-order valence-electron chi connectivity index (χ4n) is 6.83. The molecule has 0 radical (unpaired) electrons. The van der Waals surface area contributed by atoms with Crippen LogP contribution in [-0.4, -0.2) is 96.8 Å². The summed E-state index contributed by atoms with van der Waals surface area (Å²) in [4.78, 5) is 63.1. The van der Waals surface area contributed by atoms with Crippen molar-refractivity contribution < 1.29 is 68.5 Å². The molecule has 14 nitrogen and oxygen atoms in total. The maximum Gasteiger partial charge on any atom is 0.344 e. The molecule has 2 bridgehead atoms. The molecule has 2 aliphatic rings. The van der Waals surface area contributed by atoms with Gasteiger partial charge in [0, 0.05) is 25.7 Å². The van der Waals surface area contributed by atoms with E-state index in [1.807, 2.05) is 51.1 Å². The summed E-state index contributed by atoms with van der Waals surface area (Å²) >= 11 is 0. The van der Waals surface area contributed by atoms with Gasteiger partial charge in [-0.05, 0) is 48.7 Å². The lowest BCUT2D eigenvalue weighted by molar-refractivity contribution is -0.374. The highest BCUT2D eigenvalue weighted by Gasteiger charge is 2.85. The van der Waals surface area contributed by atoms with E-state index >= 15 is 0 Å². The molecular weight excluding hydrogens is 644 g/mol. The minimum atomic E-state index is -3.87. The second-order valence-electron chi connectivity index (χ2n) is 13.5. The molecule has 0 unspecified atom stereocenters. The van der Waals surface area contributed by atoms with Crippen molar-refractivity contribution in [3.05, 3.63) is 48.0 Å². The SMILES string of the molecule is C=C(CC[C@]12O[C@H](C(=O)O)[C@@](O)(C(=O)O)[C@](C(=O)O)(O1)[C@H](OC(=O)CC[C@@H](C)C[C@H](C)CC)[C@H]2O)[C@@H](OC(C)=O)[C@H](C)Cc1ccccc1. The van der Waals surface area contributed by atoms with Crippen LogP contribution < -0.4 is 0 Å². The van der Waals surface area contributed by atoms with Crippen molar-refractivity contribution in [2.75, 3.05) is 0 Å². The van der Waals surface area contributed by atoms with Gasteiger partial charge in [-0.1, -0.05) is 71.0 Å². The minimum absolute atomic E-state index is 0.0578. The molecule has 5 N–H and O–H groups in total. The highest BCUT2D eigenvalue weighted by molar-refractivity contribution is 5.98. The summed E-state index contributed by atoms with van der Waals surface area (Å²) in [6.07, 6.45) is -6.96. The summed E-state index contributed by atoms with van der Waals surface area (Å²) in [5.41, 5.74) is -6.20. The normalized spacial score (nSPS) is 30.0. The highest BCUT2D eigenvalue weighted by atomic mass is 16.8. The second kappa shape index (κ2) is 15.8. The maximum atomic E-state index is 13.1. The Kier molecular flexibility index (Phi) is 12.8. The van der Waals surface area contributed by atoms with E-state index in [9.17, 15) is 49.5 Å². The van der Waals surface area contributed by atoms with Gasteiger partial charge >= 0.3 is 29.8 Å². The zero-order valence-corrected chi connectivity index (χ0v) is 28.5. The highest BCUT2D eigenvalue weighted by Crippen LogP contribution is 2.56. The van der Waals surface area contributed by atoms with Gasteiger partial charge < -0.3 is 44.5 Å². The van der Waals surface area contributed by atoms with Crippen LogP contribution in [0, 0.1) is 17.8 Å². The maximum absolute atomic E-state index is 13.1. The molecule has 0 spiro atoms. The van der Waals surface area contributed by atoms with Gasteiger partial charge in [0.1, 0.15) is 12.2 Å². The molecule has 10 atom stereocenters. The second-order valence-corrected chi connectivity index (χ2v) is 13.5. The third-order valence-electron chi connectivity index (χ3n) is 9.61. The predicted molar refractivity (Wildman–Crippen MR) is 171 cm³/mol. The van der Waals surface area contributed by atoms with Crippen LogP contribution in [-0.2, 0) is 49.3 Å². The lowest BCUT2D eigenvalue weighted by Crippen LogP contribution is -2.78. The summed E-state index contributed by atoms with van der Waals surface area (Å²) in [5.74, 6) is -10.8. The molecule has 0 aromatic heterocycles. The monoisotopic (exact) mass is 692 g/mol. The van der Waals surface area contributed by atoms with E-state index < -0.39 is 77.7 Å². The van der Waals surface area contributed by atoms with Crippen molar-refractivity contribution >= 4 is 29.8 Å². The predicted octanol–water partition coefficient (Wildman–Crippen LogP) is 3.11. The van der Waals surface area contributed by atoms with E-state index in [1.165, 1.54) is 6.92 Å². The number of carbonyl (C=O) groups is 5. The van der Waals surface area contributed by atoms with Crippen LogP contribution in [0.4, 0.5) is 0 Å². The van der Waals surface area contributed by atoms with Gasteiger partial charge in [-0.15, -0.1) is 0 Å². The molecule has 0 aliphatic carbocycles. The molecule has 0 saturated carbocycles. The molecule has 1 aromatic rings. The molecule has 2 saturated heterocycles. The van der Waals surface area contributed by atoms with Gasteiger partial charge in [0.15, 0.2) is 6.10 Å². The number of carboxylic acids is 3. The van der Waals surface area contributed by atoms with Gasteiger partial charge in [-0.3, -0.25) is 9.59 Å². The largest absolute Gasteiger partial charge is 0.479 e. The fraction of sp³-hybridized carbons (Fsp3) is 0.629. The summed E-state index contributed by atoms with van der Waals surface area (Å²) in [5, 5.41) is 53.6. The number of rotatable bonds is 18. The smallest absolute Gasteiger partial charge is 0.344 e. The van der Waals surface area contributed by atoms with Gasteiger partial charge in [0.05, 0.1) is 0 Å². The molecule has 14 heteroatoms. The average molecular weight is 693 g/mol. The van der Waals surface area contributed by atoms with Crippen LogP contribution >= 0.6 is 0 Å². The lowest BCUT2D eigenvalue weighted by Gasteiger charge is -2.48. The molecule has 3 rings (SSSR count). The van der Waals surface area contributed by atoms with Gasteiger partial charge in [-0.25, -0.2) is 14.4 Å². The Morgan fingerprint density at radius 1 is 0.980 bits per heavy atom. The van der Waals surface area contributed by atoms with E-state index in [2.05, 4.69) is 13.5 Å². The Morgan fingerprint density at radius 2 is 1.61 bits per heavy atom. The Bertz CT molecular complexity index is 1400. The average Bonchev–Trinajstić information content (AvgIpc) is 3.25. The van der Waals surface area contributed by atoms with Crippen molar-refractivity contribution in [1.82, 2.24) is 0 Å². The summed E-state index contributed by atoms with van der Waals surface area (Å²) in [6, 6.07) is 9.31. The molecule has 1 aromatic carbocycles. The van der Waals surface area contributed by atoms with Gasteiger partial charge in [0.2, 0.25) is 23.1 Å². The lowest BCUT2D eigenvalue weighted by atomic mass is 9.74. The van der Waals surface area contributed by atoms with Crippen LogP contribution in [0.1, 0.15) is 78.7 Å². The van der Waals surface area contributed by atoms with Crippen molar-refractivity contribution in [2.24, 2.45) is 17.8 Å². The van der Waals surface area contributed by atoms with Gasteiger partial charge in [0.25, 0.3) is 0 Å². The molecule has 272 valence electrons. The van der Waals surface area contributed by atoms with Crippen LogP contribution in [0.2, 0.25) is 0 Å². The number of hydrogen-bond donors (Lipinski definition) is 5. The molecule has 2 heterocycles. The summed E-state index contributed by atoms with van der Waals surface area (Å²) in [7, 11) is 0. The van der Waals surface area contributed by atoms with Crippen molar-refractivity contribution in [3.8, 4) is 0 Å². The Balaban J connectivity index is 1.98. The van der Waals surface area contributed by atoms with E-state index in [1.54, 1.807) is 0 Å². The first-order valence-corrected chi connectivity index (χ1v) is 16.4. The molecule has 0 amide bonds. The first-order valence-electron chi connectivity index (χ1n) is 16.4. The Hall–Kier alpha value is -3.85. The zero-order chi connectivity index (χ0) is 36.9. The van der Waals surface area contributed by atoms with Crippen LogP contribution in [0.5, 0.6) is 0 Å². The number of aliphatic carboxylic acids is 3. The van der Waals surface area contributed by atoms with E-state index in [4.69, 9.17) is 18.9 Å². The first-order chi connectivity index (χ1) is 22.9. The third-order valence-corrected chi connectivity index (χ3v) is 9.61. The quantitative estimate of drug-likeness (QED) is 0.110. The number of benzene rings is 1. The summed E-state index contributed by atoms with van der Waals surface area (Å²) < 4.78 is 22.2. The zero-order valence-electron chi connectivity index (χ0n) is 28.5. The van der Waals surface area contributed by atoms with Crippen LogP contribution in [0.25, 0.3) is 0 Å². The summed E-state index contributed by atoms with van der Waals surface area (Å²) in [6.45, 7) is 13.0. The minimum Gasteiger partial charge on any atom is -0.479 e. The van der Waals surface area contributed by atoms with E-state index in [0.717, 1.165) is 18.4 Å². The van der Waals surface area contributed by atoms with Crippen molar-refractivity contribution in [2.45, 2.75) is 121 Å². The van der Waals surface area contributed by atoms with Crippen LogP contribution in [0.15, 0.2) is 42.5 Å². The number of esters is 2. The van der Waals surface area contributed by atoms with E-state index in [0.29, 0.717) is 18.8 Å². The topological polar surface area (TPSA) is 223 Å². The molecule has 49 heavy (non-hydrogen) atoms. The number of fused-ring (bicyclic) bond motifs is 2. The van der Waals surface area contributed by atoms with Gasteiger partial charge in [-0.2, -0.15) is 0 Å². The van der Waals surface area contributed by atoms with Crippen molar-refractivity contribution in [3.63, 3.8) is 0 Å². The number of carboxylic acid groups (broad SMARTS) is 3. The third kappa shape index (κ3) is 7.98. The molecule has 2 fully saturated rings. The Morgan fingerprint density at radius 3 is 2.14 bits per heavy atom. The van der Waals surface area contributed by atoms with Crippen molar-refractivity contribution in [1.29, 1.82) is 0 Å². The molecular formula is C35H48O14. The number of aliphatic hydroxyl groups excluding tert-OH is 1. The van der Waals surface area contributed by atoms with E-state index in [-0.39, 0.29) is 30.3 Å².